The predicted molar refractivity (Wildman–Crippen MR) is 138 cm³/mol. The Kier molecular flexibility index (Phi) is 5.52. The van der Waals surface area contributed by atoms with Gasteiger partial charge in [-0.25, -0.2) is 4.79 Å². The molecule has 0 spiro atoms. The average molecular weight is 510 g/mol. The van der Waals surface area contributed by atoms with Crippen molar-refractivity contribution in [1.82, 2.24) is 23.6 Å². The SMILES string of the molecule is Cc1cc(Cn2c(=O)n(Cc3cnn(C)c3)c(=O)c3cc(SNC4(C)CC4)sc32)cc2c1COC2. The summed E-state index contributed by atoms with van der Waals surface area (Å²) in [5.74, 6) is 0. The summed E-state index contributed by atoms with van der Waals surface area (Å²) in [6.45, 7) is 6.10. The van der Waals surface area contributed by atoms with Crippen LogP contribution in [-0.4, -0.2) is 24.5 Å². The maximum atomic E-state index is 13.7. The molecule has 8 nitrogen and oxygen atoms in total. The summed E-state index contributed by atoms with van der Waals surface area (Å²) < 4.78 is 14.9. The number of thiophene rings is 1. The van der Waals surface area contributed by atoms with Crippen molar-refractivity contribution in [3.63, 3.8) is 0 Å². The molecule has 4 heterocycles. The van der Waals surface area contributed by atoms with Crippen molar-refractivity contribution in [3.8, 4) is 0 Å². The van der Waals surface area contributed by atoms with Gasteiger partial charge in [-0.3, -0.25) is 23.3 Å². The Balaban J connectivity index is 1.46. The summed E-state index contributed by atoms with van der Waals surface area (Å²) in [5.41, 5.74) is 5.03. The second-order valence-corrected chi connectivity index (χ2v) is 12.0. The van der Waals surface area contributed by atoms with Crippen LogP contribution in [0.2, 0.25) is 0 Å². The minimum Gasteiger partial charge on any atom is -0.372 e. The molecule has 182 valence electrons. The fourth-order valence-corrected chi connectivity index (χ4v) is 6.68. The average Bonchev–Trinajstić information content (AvgIpc) is 3.22. The highest BCUT2D eigenvalue weighted by atomic mass is 32.2. The minimum atomic E-state index is -0.304. The lowest BCUT2D eigenvalue weighted by Gasteiger charge is -2.13. The Morgan fingerprint density at radius 3 is 2.69 bits per heavy atom. The molecule has 0 saturated heterocycles. The number of hydrogen-bond acceptors (Lipinski definition) is 7. The Morgan fingerprint density at radius 2 is 1.94 bits per heavy atom. The highest BCUT2D eigenvalue weighted by molar-refractivity contribution is 7.99. The van der Waals surface area contributed by atoms with Crippen LogP contribution >= 0.6 is 23.3 Å². The number of nitrogens with zero attached hydrogens (tertiary/aromatic N) is 4. The quantitative estimate of drug-likeness (QED) is 0.384. The van der Waals surface area contributed by atoms with E-state index in [1.54, 1.807) is 27.4 Å². The Bertz CT molecular complexity index is 1570. The van der Waals surface area contributed by atoms with Crippen LogP contribution in [0.25, 0.3) is 10.2 Å². The molecule has 0 unspecified atom stereocenters. The largest absolute Gasteiger partial charge is 0.372 e. The highest BCUT2D eigenvalue weighted by Gasteiger charge is 2.37. The van der Waals surface area contributed by atoms with Crippen LogP contribution in [0.1, 0.15) is 47.6 Å². The summed E-state index contributed by atoms with van der Waals surface area (Å²) >= 11 is 3.05. The molecule has 4 aromatic rings. The van der Waals surface area contributed by atoms with E-state index in [9.17, 15) is 9.59 Å². The van der Waals surface area contributed by atoms with Gasteiger partial charge < -0.3 is 4.74 Å². The second kappa shape index (κ2) is 8.48. The van der Waals surface area contributed by atoms with Gasteiger partial charge in [0.25, 0.3) is 5.56 Å². The van der Waals surface area contributed by atoms with E-state index in [0.29, 0.717) is 30.0 Å². The third-order valence-electron chi connectivity index (χ3n) is 6.84. The van der Waals surface area contributed by atoms with Crippen LogP contribution in [0.3, 0.4) is 0 Å². The van der Waals surface area contributed by atoms with Gasteiger partial charge in [-0.05, 0) is 67.0 Å². The van der Waals surface area contributed by atoms with E-state index in [0.717, 1.165) is 28.2 Å². The van der Waals surface area contributed by atoms with Crippen LogP contribution in [0.15, 0.2) is 44.4 Å². The van der Waals surface area contributed by atoms with Crippen molar-refractivity contribution in [2.75, 3.05) is 0 Å². The van der Waals surface area contributed by atoms with E-state index in [2.05, 4.69) is 35.8 Å². The molecule has 1 fully saturated rings. The van der Waals surface area contributed by atoms with Gasteiger partial charge in [0.15, 0.2) is 0 Å². The number of benzene rings is 1. The number of fused-ring (bicyclic) bond motifs is 2. The monoisotopic (exact) mass is 509 g/mol. The molecule has 0 radical (unpaired) electrons. The van der Waals surface area contributed by atoms with Crippen LogP contribution < -0.4 is 16.0 Å². The first kappa shape index (κ1) is 22.8. The van der Waals surface area contributed by atoms with Gasteiger partial charge in [-0.2, -0.15) is 5.10 Å². The molecule has 1 saturated carbocycles. The van der Waals surface area contributed by atoms with Gasteiger partial charge in [0, 0.05) is 24.3 Å². The normalized spacial score (nSPS) is 16.2. The van der Waals surface area contributed by atoms with Crippen molar-refractivity contribution < 1.29 is 4.74 Å². The Labute approximate surface area is 210 Å². The molecular formula is C25H27N5O3S2. The third kappa shape index (κ3) is 4.29. The molecule has 0 atom stereocenters. The van der Waals surface area contributed by atoms with Gasteiger partial charge in [-0.1, -0.05) is 12.1 Å². The molecule has 1 aromatic carbocycles. The minimum absolute atomic E-state index is 0.158. The highest BCUT2D eigenvalue weighted by Crippen LogP contribution is 2.39. The lowest BCUT2D eigenvalue weighted by atomic mass is 10.0. The topological polar surface area (TPSA) is 83.1 Å². The number of aromatic nitrogens is 4. The number of rotatable bonds is 7. The van der Waals surface area contributed by atoms with Gasteiger partial charge >= 0.3 is 5.69 Å². The predicted octanol–water partition coefficient (Wildman–Crippen LogP) is 3.54. The zero-order valence-corrected chi connectivity index (χ0v) is 21.6. The number of aryl methyl sites for hydroxylation is 2. The van der Waals surface area contributed by atoms with Crippen molar-refractivity contribution in [1.29, 1.82) is 0 Å². The molecule has 6 rings (SSSR count). The van der Waals surface area contributed by atoms with E-state index in [4.69, 9.17) is 4.74 Å². The first-order valence-corrected chi connectivity index (χ1v) is 13.3. The summed E-state index contributed by atoms with van der Waals surface area (Å²) in [4.78, 5) is 27.9. The van der Waals surface area contributed by atoms with Gasteiger partial charge in [0.2, 0.25) is 0 Å². The van der Waals surface area contributed by atoms with Gasteiger partial charge in [0.05, 0.1) is 42.1 Å². The standard InChI is InChI=1S/C25H27N5O3S2/c1-15-6-16(7-18-13-33-14-20(15)18)11-30-23-19(8-21(34-23)35-27-25(2)4-5-25)22(31)29(24(30)32)12-17-9-26-28(3)10-17/h6-10,27H,4-5,11-14H2,1-3H3. The van der Waals surface area contributed by atoms with E-state index in [-0.39, 0.29) is 23.3 Å². The summed E-state index contributed by atoms with van der Waals surface area (Å²) in [7, 11) is 1.82. The molecule has 0 amide bonds. The summed E-state index contributed by atoms with van der Waals surface area (Å²) in [5, 5.41) is 4.77. The van der Waals surface area contributed by atoms with Crippen molar-refractivity contribution in [2.24, 2.45) is 7.05 Å². The van der Waals surface area contributed by atoms with Crippen LogP contribution in [0.5, 0.6) is 0 Å². The van der Waals surface area contributed by atoms with Crippen LogP contribution in [0.4, 0.5) is 0 Å². The van der Waals surface area contributed by atoms with Crippen molar-refractivity contribution in [3.05, 3.63) is 79.2 Å². The molecule has 10 heteroatoms. The van der Waals surface area contributed by atoms with Crippen LogP contribution in [-0.2, 0) is 38.1 Å². The zero-order chi connectivity index (χ0) is 24.3. The molecule has 1 N–H and O–H groups in total. The number of hydrogen-bond donors (Lipinski definition) is 1. The van der Waals surface area contributed by atoms with Crippen molar-refractivity contribution in [2.45, 2.75) is 62.7 Å². The molecule has 3 aromatic heterocycles. The molecule has 0 bridgehead atoms. The van der Waals surface area contributed by atoms with Gasteiger partial charge in [-0.15, -0.1) is 11.3 Å². The molecule has 1 aliphatic heterocycles. The Morgan fingerprint density at radius 1 is 1.14 bits per heavy atom. The molecular weight excluding hydrogens is 482 g/mol. The number of nitrogens with one attached hydrogen (secondary N) is 1. The van der Waals surface area contributed by atoms with E-state index < -0.39 is 0 Å². The number of ether oxygens (including phenoxy) is 1. The fourth-order valence-electron chi connectivity index (χ4n) is 4.55. The lowest BCUT2D eigenvalue weighted by molar-refractivity contribution is 0.134. The maximum absolute atomic E-state index is 13.7. The van der Waals surface area contributed by atoms with Crippen molar-refractivity contribution >= 4 is 33.5 Å². The van der Waals surface area contributed by atoms with E-state index in [1.807, 2.05) is 19.3 Å². The summed E-state index contributed by atoms with van der Waals surface area (Å²) in [6, 6.07) is 6.17. The molecule has 1 aliphatic carbocycles. The maximum Gasteiger partial charge on any atom is 0.332 e. The molecule has 2 aliphatic rings. The van der Waals surface area contributed by atoms with Crippen LogP contribution in [0, 0.1) is 6.92 Å². The van der Waals surface area contributed by atoms with E-state index in [1.165, 1.54) is 32.6 Å². The third-order valence-corrected chi connectivity index (χ3v) is 9.21. The zero-order valence-electron chi connectivity index (χ0n) is 20.0. The van der Waals surface area contributed by atoms with Gasteiger partial charge in [0.1, 0.15) is 4.83 Å². The molecule has 35 heavy (non-hydrogen) atoms. The summed E-state index contributed by atoms with van der Waals surface area (Å²) in [6.07, 6.45) is 5.82. The smallest absolute Gasteiger partial charge is 0.332 e. The Hall–Kier alpha value is -2.66. The second-order valence-electron chi connectivity index (χ2n) is 9.87. The first-order valence-electron chi connectivity index (χ1n) is 11.7. The lowest BCUT2D eigenvalue weighted by Crippen LogP contribution is -2.40. The first-order chi connectivity index (χ1) is 16.8. The van der Waals surface area contributed by atoms with E-state index >= 15 is 0 Å². The fraction of sp³-hybridized carbons (Fsp3) is 0.400.